The number of aromatic nitrogens is 1. The van der Waals surface area contributed by atoms with Gasteiger partial charge in [0.2, 0.25) is 11.8 Å². The molecule has 2 N–H and O–H groups in total. The van der Waals surface area contributed by atoms with Gasteiger partial charge in [0.25, 0.3) is 10.0 Å². The zero-order valence-electron chi connectivity index (χ0n) is 13.6. The molecule has 0 bridgehead atoms. The van der Waals surface area contributed by atoms with Crippen molar-refractivity contribution in [2.24, 2.45) is 5.92 Å². The molecule has 2 aromatic rings. The number of rotatable bonds is 6. The largest absolute Gasteiger partial charge is 0.337 e. The van der Waals surface area contributed by atoms with E-state index in [1.165, 1.54) is 40.6 Å². The molecule has 1 aromatic heterocycles. The molecular formula is C16H16N4O4S2. The molecule has 0 saturated carbocycles. The highest BCUT2D eigenvalue weighted by atomic mass is 32.2. The van der Waals surface area contributed by atoms with Crippen molar-refractivity contribution in [1.82, 2.24) is 9.88 Å². The number of carbonyl (C=O) groups excluding carboxylic acids is 2. The van der Waals surface area contributed by atoms with E-state index in [0.717, 1.165) is 0 Å². The molecule has 0 spiro atoms. The maximum absolute atomic E-state index is 12.4. The van der Waals surface area contributed by atoms with Crippen LogP contribution in [0.2, 0.25) is 0 Å². The lowest BCUT2D eigenvalue weighted by Gasteiger charge is -2.37. The summed E-state index contributed by atoms with van der Waals surface area (Å²) >= 11 is 1.17. The first kappa shape index (κ1) is 18.1. The van der Waals surface area contributed by atoms with Crippen LogP contribution in [0, 0.1) is 5.92 Å². The first-order valence-electron chi connectivity index (χ1n) is 7.63. The molecule has 0 radical (unpaired) electrons. The fraction of sp³-hybridized carbons (Fsp3) is 0.188. The first-order chi connectivity index (χ1) is 12.4. The predicted octanol–water partition coefficient (Wildman–Crippen LogP) is 1.53. The van der Waals surface area contributed by atoms with Gasteiger partial charge < -0.3 is 10.2 Å². The third-order valence-electron chi connectivity index (χ3n) is 3.80. The molecule has 26 heavy (non-hydrogen) atoms. The number of nitrogens with one attached hydrogen (secondary N) is 2. The Morgan fingerprint density at radius 1 is 1.35 bits per heavy atom. The Balaban J connectivity index is 1.65. The maximum Gasteiger partial charge on any atom is 0.263 e. The Morgan fingerprint density at radius 3 is 2.77 bits per heavy atom. The van der Waals surface area contributed by atoms with Gasteiger partial charge in [0.05, 0.1) is 10.8 Å². The highest BCUT2D eigenvalue weighted by molar-refractivity contribution is 7.93. The van der Waals surface area contributed by atoms with E-state index in [9.17, 15) is 18.0 Å². The summed E-state index contributed by atoms with van der Waals surface area (Å²) in [6, 6.07) is 5.95. The monoisotopic (exact) mass is 392 g/mol. The molecule has 1 aliphatic heterocycles. The number of sulfonamides is 1. The van der Waals surface area contributed by atoms with Crippen molar-refractivity contribution < 1.29 is 18.0 Å². The molecule has 0 aliphatic carbocycles. The van der Waals surface area contributed by atoms with E-state index in [0.29, 0.717) is 18.8 Å². The second-order valence-electron chi connectivity index (χ2n) is 5.60. The average Bonchev–Trinajstić information content (AvgIpc) is 3.05. The Bertz CT molecular complexity index is 935. The number of carbonyl (C=O) groups is 2. The fourth-order valence-corrected chi connectivity index (χ4v) is 4.22. The molecule has 8 nitrogen and oxygen atoms in total. The smallest absolute Gasteiger partial charge is 0.263 e. The summed E-state index contributed by atoms with van der Waals surface area (Å²) in [7, 11) is -3.79. The van der Waals surface area contributed by atoms with Gasteiger partial charge in [-0.2, -0.15) is 0 Å². The van der Waals surface area contributed by atoms with Crippen molar-refractivity contribution in [3.63, 3.8) is 0 Å². The van der Waals surface area contributed by atoms with Crippen LogP contribution in [0.5, 0.6) is 0 Å². The van der Waals surface area contributed by atoms with Gasteiger partial charge in [0, 0.05) is 30.4 Å². The van der Waals surface area contributed by atoms with E-state index in [1.807, 2.05) is 0 Å². The molecule has 10 heteroatoms. The van der Waals surface area contributed by atoms with Gasteiger partial charge in [-0.1, -0.05) is 12.6 Å². The molecule has 0 atom stereocenters. The van der Waals surface area contributed by atoms with Gasteiger partial charge in [0.15, 0.2) is 5.13 Å². The number of benzene rings is 1. The number of thiazole rings is 1. The minimum atomic E-state index is -3.79. The van der Waals surface area contributed by atoms with E-state index in [4.69, 9.17) is 0 Å². The quantitative estimate of drug-likeness (QED) is 0.725. The molecular weight excluding hydrogens is 376 g/mol. The second kappa shape index (κ2) is 7.26. The third-order valence-corrected chi connectivity index (χ3v) is 5.96. The van der Waals surface area contributed by atoms with Crippen LogP contribution >= 0.6 is 11.3 Å². The number of hydrogen-bond acceptors (Lipinski definition) is 6. The van der Waals surface area contributed by atoms with Crippen LogP contribution < -0.4 is 10.0 Å². The number of amides is 2. The number of likely N-dealkylation sites (tertiary alicyclic amines) is 1. The van der Waals surface area contributed by atoms with Crippen LogP contribution in [0.3, 0.4) is 0 Å². The van der Waals surface area contributed by atoms with E-state index >= 15 is 0 Å². The minimum absolute atomic E-state index is 0.0163. The summed E-state index contributed by atoms with van der Waals surface area (Å²) in [5.41, 5.74) is 0.366. The highest BCUT2D eigenvalue weighted by Gasteiger charge is 2.34. The van der Waals surface area contributed by atoms with Crippen LogP contribution in [0.1, 0.15) is 0 Å². The van der Waals surface area contributed by atoms with E-state index < -0.39 is 10.0 Å². The van der Waals surface area contributed by atoms with Crippen molar-refractivity contribution in [3.05, 3.63) is 48.5 Å². The Labute approximate surface area is 154 Å². The van der Waals surface area contributed by atoms with Crippen molar-refractivity contribution in [1.29, 1.82) is 0 Å². The summed E-state index contributed by atoms with van der Waals surface area (Å²) in [5.74, 6) is -0.802. The third kappa shape index (κ3) is 3.92. The number of hydrogen-bond donors (Lipinski definition) is 2. The molecule has 1 aliphatic rings. The normalized spacial score (nSPS) is 14.4. The Morgan fingerprint density at radius 2 is 2.12 bits per heavy atom. The van der Waals surface area contributed by atoms with Crippen molar-refractivity contribution in [2.75, 3.05) is 23.1 Å². The van der Waals surface area contributed by atoms with Crippen LogP contribution in [-0.2, 0) is 19.6 Å². The topological polar surface area (TPSA) is 108 Å². The summed E-state index contributed by atoms with van der Waals surface area (Å²) in [6.07, 6.45) is 2.70. The SMILES string of the molecule is C=CC(=O)N1CC(C(=O)Nc2cccc(S(=O)(=O)Nc3nccs3)c2)C1. The zero-order chi connectivity index (χ0) is 18.7. The average molecular weight is 392 g/mol. The highest BCUT2D eigenvalue weighted by Crippen LogP contribution is 2.22. The molecule has 136 valence electrons. The van der Waals surface area contributed by atoms with Crippen LogP contribution in [0.15, 0.2) is 53.4 Å². The second-order valence-corrected chi connectivity index (χ2v) is 8.18. The summed E-state index contributed by atoms with van der Waals surface area (Å²) in [5, 5.41) is 4.61. The van der Waals surface area contributed by atoms with Gasteiger partial charge in [-0.05, 0) is 24.3 Å². The Kier molecular flexibility index (Phi) is 5.05. The minimum Gasteiger partial charge on any atom is -0.337 e. The van der Waals surface area contributed by atoms with Gasteiger partial charge >= 0.3 is 0 Å². The fourth-order valence-electron chi connectivity index (χ4n) is 2.39. The molecule has 1 aromatic carbocycles. The van der Waals surface area contributed by atoms with Crippen molar-refractivity contribution >= 4 is 44.0 Å². The molecule has 1 fully saturated rings. The lowest BCUT2D eigenvalue weighted by atomic mass is 9.99. The van der Waals surface area contributed by atoms with Crippen molar-refractivity contribution in [3.8, 4) is 0 Å². The van der Waals surface area contributed by atoms with Gasteiger partial charge in [0.1, 0.15) is 0 Å². The Hall–Kier alpha value is -2.72. The van der Waals surface area contributed by atoms with Crippen LogP contribution in [-0.4, -0.2) is 43.2 Å². The maximum atomic E-state index is 12.4. The zero-order valence-corrected chi connectivity index (χ0v) is 15.2. The summed E-state index contributed by atoms with van der Waals surface area (Å²) in [6.45, 7) is 4.04. The number of nitrogens with zero attached hydrogens (tertiary/aromatic N) is 2. The molecule has 2 amide bonds. The van der Waals surface area contributed by atoms with Gasteiger partial charge in [-0.3, -0.25) is 14.3 Å². The molecule has 1 saturated heterocycles. The van der Waals surface area contributed by atoms with Gasteiger partial charge in [-0.15, -0.1) is 11.3 Å². The molecule has 0 unspecified atom stereocenters. The molecule has 2 heterocycles. The lowest BCUT2D eigenvalue weighted by Crippen LogP contribution is -2.53. The summed E-state index contributed by atoms with van der Waals surface area (Å²) < 4.78 is 27.1. The molecule has 3 rings (SSSR count). The first-order valence-corrected chi connectivity index (χ1v) is 10.00. The van der Waals surface area contributed by atoms with E-state index in [-0.39, 0.29) is 27.8 Å². The van der Waals surface area contributed by atoms with E-state index in [2.05, 4.69) is 21.6 Å². The lowest BCUT2D eigenvalue weighted by molar-refractivity contribution is -0.137. The van der Waals surface area contributed by atoms with Crippen LogP contribution in [0.25, 0.3) is 0 Å². The summed E-state index contributed by atoms with van der Waals surface area (Å²) in [4.78, 5) is 29.0. The van der Waals surface area contributed by atoms with Crippen molar-refractivity contribution in [2.45, 2.75) is 4.90 Å². The predicted molar refractivity (Wildman–Crippen MR) is 98.3 cm³/mol. The van der Waals surface area contributed by atoms with E-state index in [1.54, 1.807) is 17.5 Å². The van der Waals surface area contributed by atoms with Crippen LogP contribution in [0.4, 0.5) is 10.8 Å². The van der Waals surface area contributed by atoms with Gasteiger partial charge in [-0.25, -0.2) is 13.4 Å². The number of anilines is 2. The standard InChI is InChI=1S/C16H16N4O4S2/c1-2-14(21)20-9-11(10-20)15(22)18-12-4-3-5-13(8-12)26(23,24)19-16-17-6-7-25-16/h2-8,11H,1,9-10H2,(H,17,19)(H,18,22).